The topological polar surface area (TPSA) is 0 Å². The zero-order valence-corrected chi connectivity index (χ0v) is 17.0. The Labute approximate surface area is 143 Å². The number of rotatable bonds is 11. The monoisotopic (exact) mass is 350 g/mol. The van der Waals surface area contributed by atoms with Gasteiger partial charge in [-0.15, -0.1) is 47.0 Å². The van der Waals surface area contributed by atoms with E-state index in [0.717, 1.165) is 23.0 Å². The summed E-state index contributed by atoms with van der Waals surface area (Å²) >= 11 is 7.93. The van der Waals surface area contributed by atoms with Gasteiger partial charge in [0.25, 0.3) is 0 Å². The zero-order chi connectivity index (χ0) is 15.4. The van der Waals surface area contributed by atoms with Crippen LogP contribution in [0.4, 0.5) is 0 Å². The number of hydrogen-bond acceptors (Lipinski definition) is 4. The predicted molar refractivity (Wildman–Crippen MR) is 107 cm³/mol. The SMILES string of the molecule is CCSC(=CC(C=C(SCC)SCC)C(C)C)SCC. The van der Waals surface area contributed by atoms with E-state index in [9.17, 15) is 0 Å². The van der Waals surface area contributed by atoms with Crippen molar-refractivity contribution in [1.82, 2.24) is 0 Å². The molecule has 0 spiro atoms. The lowest BCUT2D eigenvalue weighted by Gasteiger charge is -2.17. The summed E-state index contributed by atoms with van der Waals surface area (Å²) in [6.07, 6.45) is 4.97. The maximum atomic E-state index is 2.49. The van der Waals surface area contributed by atoms with Crippen LogP contribution in [0.5, 0.6) is 0 Å². The van der Waals surface area contributed by atoms with Crippen molar-refractivity contribution in [3.8, 4) is 0 Å². The quantitative estimate of drug-likeness (QED) is 0.395. The highest BCUT2D eigenvalue weighted by molar-refractivity contribution is 8.22. The van der Waals surface area contributed by atoms with Crippen molar-refractivity contribution in [2.24, 2.45) is 11.8 Å². The molecule has 0 fully saturated rings. The molecule has 0 nitrogen and oxygen atoms in total. The lowest BCUT2D eigenvalue weighted by atomic mass is 9.96. The molecule has 0 heterocycles. The molecule has 0 saturated heterocycles. The van der Waals surface area contributed by atoms with Crippen molar-refractivity contribution >= 4 is 47.0 Å². The van der Waals surface area contributed by atoms with E-state index < -0.39 is 0 Å². The fraction of sp³-hybridized carbons (Fsp3) is 0.750. The first-order valence-electron chi connectivity index (χ1n) is 7.53. The van der Waals surface area contributed by atoms with E-state index in [1.165, 1.54) is 8.47 Å². The molecule has 0 aromatic carbocycles. The van der Waals surface area contributed by atoms with Crippen molar-refractivity contribution in [2.75, 3.05) is 23.0 Å². The molecule has 0 aliphatic rings. The van der Waals surface area contributed by atoms with Crippen molar-refractivity contribution in [3.63, 3.8) is 0 Å². The molecule has 0 aromatic rings. The van der Waals surface area contributed by atoms with Crippen LogP contribution in [0.15, 0.2) is 20.6 Å². The molecule has 4 heteroatoms. The standard InChI is InChI=1S/C16H30S4/c1-7-17-15(18-8-2)11-14(13(5)6)12-16(19-9-3)20-10-4/h11-14H,7-10H2,1-6H3. The van der Waals surface area contributed by atoms with E-state index in [0.29, 0.717) is 11.8 Å². The van der Waals surface area contributed by atoms with Gasteiger partial charge in [-0.3, -0.25) is 0 Å². The Morgan fingerprint density at radius 1 is 0.700 bits per heavy atom. The van der Waals surface area contributed by atoms with E-state index in [1.54, 1.807) is 0 Å². The second-order valence-electron chi connectivity index (χ2n) is 4.52. The Bertz CT molecular complexity index is 253. The Morgan fingerprint density at radius 3 is 1.20 bits per heavy atom. The average Bonchev–Trinajstić information content (AvgIpc) is 2.38. The average molecular weight is 351 g/mol. The van der Waals surface area contributed by atoms with Gasteiger partial charge < -0.3 is 0 Å². The van der Waals surface area contributed by atoms with Gasteiger partial charge in [0.2, 0.25) is 0 Å². The molecular formula is C16H30S4. The minimum atomic E-state index is 0.552. The van der Waals surface area contributed by atoms with Crippen molar-refractivity contribution < 1.29 is 0 Å². The lowest BCUT2D eigenvalue weighted by molar-refractivity contribution is 0.550. The first kappa shape index (κ1) is 20.9. The molecule has 118 valence electrons. The molecule has 0 rings (SSSR count). The molecule has 0 aromatic heterocycles. The van der Waals surface area contributed by atoms with Crippen LogP contribution >= 0.6 is 47.0 Å². The number of hydrogen-bond donors (Lipinski definition) is 0. The summed E-state index contributed by atoms with van der Waals surface area (Å²) in [5, 5.41) is 0. The summed E-state index contributed by atoms with van der Waals surface area (Å²) in [6, 6.07) is 0. The highest BCUT2D eigenvalue weighted by Gasteiger charge is 2.12. The minimum absolute atomic E-state index is 0.552. The second kappa shape index (κ2) is 13.5. The van der Waals surface area contributed by atoms with Crippen LogP contribution in [0.1, 0.15) is 41.5 Å². The Kier molecular flexibility index (Phi) is 14.1. The molecule has 0 saturated carbocycles. The van der Waals surface area contributed by atoms with Crippen LogP contribution in [0.3, 0.4) is 0 Å². The minimum Gasteiger partial charge on any atom is -0.120 e. The third-order valence-electron chi connectivity index (χ3n) is 2.57. The molecule has 0 amide bonds. The van der Waals surface area contributed by atoms with E-state index in [4.69, 9.17) is 0 Å². The molecular weight excluding hydrogens is 320 g/mol. The normalized spacial score (nSPS) is 11.0. The second-order valence-corrected chi connectivity index (χ2v) is 10.3. The van der Waals surface area contributed by atoms with Gasteiger partial charge >= 0.3 is 0 Å². The predicted octanol–water partition coefficient (Wildman–Crippen LogP) is 6.95. The summed E-state index contributed by atoms with van der Waals surface area (Å²) < 4.78 is 2.99. The Hall–Kier alpha value is 0.880. The van der Waals surface area contributed by atoms with Gasteiger partial charge in [-0.05, 0) is 28.9 Å². The number of thioether (sulfide) groups is 4. The zero-order valence-electron chi connectivity index (χ0n) is 13.8. The highest BCUT2D eigenvalue weighted by Crippen LogP contribution is 2.35. The summed E-state index contributed by atoms with van der Waals surface area (Å²) in [5.74, 6) is 5.85. The van der Waals surface area contributed by atoms with E-state index >= 15 is 0 Å². The maximum Gasteiger partial charge on any atom is 0.0366 e. The maximum absolute atomic E-state index is 2.49. The third kappa shape index (κ3) is 9.75. The van der Waals surface area contributed by atoms with E-state index in [1.807, 2.05) is 47.0 Å². The fourth-order valence-corrected chi connectivity index (χ4v) is 5.82. The van der Waals surface area contributed by atoms with Gasteiger partial charge in [0, 0.05) is 14.4 Å². The van der Waals surface area contributed by atoms with Crippen molar-refractivity contribution in [2.45, 2.75) is 41.5 Å². The Morgan fingerprint density at radius 2 is 1.00 bits per heavy atom. The molecule has 0 aliphatic heterocycles. The van der Waals surface area contributed by atoms with E-state index in [-0.39, 0.29) is 0 Å². The van der Waals surface area contributed by atoms with Crippen LogP contribution in [0.25, 0.3) is 0 Å². The van der Waals surface area contributed by atoms with Crippen LogP contribution in [-0.4, -0.2) is 23.0 Å². The van der Waals surface area contributed by atoms with Gasteiger partial charge in [0.1, 0.15) is 0 Å². The molecule has 20 heavy (non-hydrogen) atoms. The van der Waals surface area contributed by atoms with Crippen molar-refractivity contribution in [3.05, 3.63) is 20.6 Å². The first-order valence-corrected chi connectivity index (χ1v) is 11.5. The van der Waals surface area contributed by atoms with Crippen LogP contribution < -0.4 is 0 Å². The molecule has 0 aliphatic carbocycles. The van der Waals surface area contributed by atoms with Crippen LogP contribution in [0.2, 0.25) is 0 Å². The first-order chi connectivity index (χ1) is 9.58. The summed E-state index contributed by atoms with van der Waals surface area (Å²) in [5.41, 5.74) is 0. The third-order valence-corrected chi connectivity index (χ3v) is 6.82. The van der Waals surface area contributed by atoms with Crippen LogP contribution in [-0.2, 0) is 0 Å². The van der Waals surface area contributed by atoms with Gasteiger partial charge in [-0.25, -0.2) is 0 Å². The smallest absolute Gasteiger partial charge is 0.0366 e. The molecule has 0 atom stereocenters. The highest BCUT2D eigenvalue weighted by atomic mass is 32.2. The summed E-state index contributed by atoms with van der Waals surface area (Å²) in [7, 11) is 0. The number of allylic oxidation sites excluding steroid dienone is 2. The molecule has 0 radical (unpaired) electrons. The fourth-order valence-electron chi connectivity index (χ4n) is 1.59. The summed E-state index contributed by atoms with van der Waals surface area (Å²) in [4.78, 5) is 0. The van der Waals surface area contributed by atoms with Crippen molar-refractivity contribution in [1.29, 1.82) is 0 Å². The van der Waals surface area contributed by atoms with Gasteiger partial charge in [0.15, 0.2) is 0 Å². The Balaban J connectivity index is 5.08. The van der Waals surface area contributed by atoms with Gasteiger partial charge in [-0.2, -0.15) is 0 Å². The molecule has 0 unspecified atom stereocenters. The molecule has 0 N–H and O–H groups in total. The van der Waals surface area contributed by atoms with Gasteiger partial charge in [-0.1, -0.05) is 53.7 Å². The van der Waals surface area contributed by atoms with Crippen LogP contribution in [0, 0.1) is 11.8 Å². The largest absolute Gasteiger partial charge is 0.120 e. The van der Waals surface area contributed by atoms with E-state index in [2.05, 4.69) is 53.7 Å². The lowest BCUT2D eigenvalue weighted by Crippen LogP contribution is -2.03. The summed E-state index contributed by atoms with van der Waals surface area (Å²) in [6.45, 7) is 13.6. The van der Waals surface area contributed by atoms with Gasteiger partial charge in [0.05, 0.1) is 0 Å². The molecule has 0 bridgehead atoms.